The van der Waals surface area contributed by atoms with E-state index < -0.39 is 0 Å². The number of hydrogen-bond donors (Lipinski definition) is 0. The maximum absolute atomic E-state index is 6.46. The van der Waals surface area contributed by atoms with Gasteiger partial charge in [-0.25, -0.2) is 0 Å². The summed E-state index contributed by atoms with van der Waals surface area (Å²) in [5.41, 5.74) is 2.22. The van der Waals surface area contributed by atoms with Crippen LogP contribution < -0.4 is 0 Å². The molecule has 0 aliphatic rings. The molecule has 2 aromatic carbocycles. The molecule has 1 unspecified atom stereocenters. The normalized spacial score (nSPS) is 12.8. The third-order valence-corrected chi connectivity index (χ3v) is 6.11. The first-order chi connectivity index (χ1) is 13.8. The fourth-order valence-corrected chi connectivity index (χ4v) is 4.58. The van der Waals surface area contributed by atoms with Crippen LogP contribution in [-0.2, 0) is 10.3 Å². The van der Waals surface area contributed by atoms with Gasteiger partial charge in [0.15, 0.2) is 0 Å². The molecule has 0 fully saturated rings. The Morgan fingerprint density at radius 2 is 1.11 bits per heavy atom. The molecule has 154 valence electrons. The first-order valence-electron chi connectivity index (χ1n) is 11.5. The first-order valence-corrected chi connectivity index (χ1v) is 11.5. The van der Waals surface area contributed by atoms with E-state index in [0.717, 1.165) is 0 Å². The SMILES string of the molecule is CCCCCCCCC(CCCC)C(OC)(c1ccccc1)c1ccccc1. The zero-order chi connectivity index (χ0) is 20.1. The molecule has 1 atom stereocenters. The lowest BCUT2D eigenvalue weighted by Crippen LogP contribution is -2.38. The van der Waals surface area contributed by atoms with Gasteiger partial charge in [-0.2, -0.15) is 0 Å². The van der Waals surface area contributed by atoms with Gasteiger partial charge < -0.3 is 4.74 Å². The van der Waals surface area contributed by atoms with Gasteiger partial charge in [-0.1, -0.05) is 126 Å². The summed E-state index contributed by atoms with van der Waals surface area (Å²) in [6.07, 6.45) is 13.0. The van der Waals surface area contributed by atoms with Crippen LogP contribution >= 0.6 is 0 Å². The second-order valence-corrected chi connectivity index (χ2v) is 8.07. The summed E-state index contributed by atoms with van der Waals surface area (Å²) >= 11 is 0. The van der Waals surface area contributed by atoms with E-state index in [1.54, 1.807) is 0 Å². The lowest BCUT2D eigenvalue weighted by Gasteiger charge is -2.41. The number of methoxy groups -OCH3 is 1. The molecule has 0 spiro atoms. The minimum absolute atomic E-state index is 0.360. The Bertz CT molecular complexity index is 580. The molecule has 0 aliphatic heterocycles. The van der Waals surface area contributed by atoms with Crippen LogP contribution in [0.5, 0.6) is 0 Å². The molecule has 0 heterocycles. The van der Waals surface area contributed by atoms with Crippen molar-refractivity contribution in [3.8, 4) is 0 Å². The molecule has 2 aromatic rings. The Morgan fingerprint density at radius 1 is 0.643 bits per heavy atom. The van der Waals surface area contributed by atoms with Crippen molar-refractivity contribution in [2.45, 2.75) is 83.7 Å². The Kier molecular flexibility index (Phi) is 10.4. The summed E-state index contributed by atoms with van der Waals surface area (Å²) in [4.78, 5) is 0. The van der Waals surface area contributed by atoms with Gasteiger partial charge in [0, 0.05) is 7.11 Å². The van der Waals surface area contributed by atoms with Crippen LogP contribution in [-0.4, -0.2) is 7.11 Å². The summed E-state index contributed by atoms with van der Waals surface area (Å²) in [6, 6.07) is 21.8. The van der Waals surface area contributed by atoms with Crippen molar-refractivity contribution in [1.29, 1.82) is 0 Å². The van der Waals surface area contributed by atoms with Gasteiger partial charge in [-0.15, -0.1) is 0 Å². The predicted octanol–water partition coefficient (Wildman–Crippen LogP) is 8.13. The van der Waals surface area contributed by atoms with Gasteiger partial charge in [0.05, 0.1) is 0 Å². The Labute approximate surface area is 173 Å². The fourth-order valence-electron chi connectivity index (χ4n) is 4.58. The van der Waals surface area contributed by atoms with Gasteiger partial charge in [-0.3, -0.25) is 0 Å². The van der Waals surface area contributed by atoms with Crippen molar-refractivity contribution in [2.24, 2.45) is 5.92 Å². The Hall–Kier alpha value is -1.60. The number of ether oxygens (including phenoxy) is 1. The van der Waals surface area contributed by atoms with Crippen LogP contribution in [0.1, 0.15) is 89.2 Å². The van der Waals surface area contributed by atoms with E-state index in [2.05, 4.69) is 74.5 Å². The number of rotatable bonds is 14. The van der Waals surface area contributed by atoms with Gasteiger partial charge in [0.2, 0.25) is 0 Å². The fraction of sp³-hybridized carbons (Fsp3) is 0.556. The van der Waals surface area contributed by atoms with E-state index in [0.29, 0.717) is 5.92 Å². The summed E-state index contributed by atoms with van der Waals surface area (Å²) in [5, 5.41) is 0. The second-order valence-electron chi connectivity index (χ2n) is 8.07. The Balaban J connectivity index is 2.30. The first kappa shape index (κ1) is 22.7. The molecule has 0 N–H and O–H groups in total. The van der Waals surface area contributed by atoms with Crippen molar-refractivity contribution >= 4 is 0 Å². The second kappa shape index (κ2) is 12.8. The minimum atomic E-state index is -0.360. The summed E-state index contributed by atoms with van der Waals surface area (Å²) in [7, 11) is 1.90. The predicted molar refractivity (Wildman–Crippen MR) is 122 cm³/mol. The van der Waals surface area contributed by atoms with Crippen molar-refractivity contribution in [1.82, 2.24) is 0 Å². The topological polar surface area (TPSA) is 9.23 Å². The zero-order valence-electron chi connectivity index (χ0n) is 18.3. The maximum atomic E-state index is 6.46. The van der Waals surface area contributed by atoms with Gasteiger partial charge in [0.1, 0.15) is 5.60 Å². The molecule has 0 aromatic heterocycles. The maximum Gasteiger partial charge on any atom is 0.120 e. The number of hydrogen-bond acceptors (Lipinski definition) is 1. The monoisotopic (exact) mass is 380 g/mol. The largest absolute Gasteiger partial charge is 0.368 e. The van der Waals surface area contributed by atoms with Crippen molar-refractivity contribution in [3.63, 3.8) is 0 Å². The third kappa shape index (κ3) is 5.95. The highest BCUT2D eigenvalue weighted by atomic mass is 16.5. The third-order valence-electron chi connectivity index (χ3n) is 6.11. The number of unbranched alkanes of at least 4 members (excludes halogenated alkanes) is 6. The molecule has 0 amide bonds. The molecule has 0 bridgehead atoms. The highest BCUT2D eigenvalue weighted by Crippen LogP contribution is 2.44. The molecule has 1 nitrogen and oxygen atoms in total. The lowest BCUT2D eigenvalue weighted by atomic mass is 9.71. The van der Waals surface area contributed by atoms with E-state index in [4.69, 9.17) is 4.74 Å². The molecule has 0 saturated carbocycles. The smallest absolute Gasteiger partial charge is 0.120 e. The van der Waals surface area contributed by atoms with Crippen LogP contribution in [0, 0.1) is 5.92 Å². The van der Waals surface area contributed by atoms with Gasteiger partial charge in [-0.05, 0) is 29.9 Å². The average Bonchev–Trinajstić information content (AvgIpc) is 2.76. The molecule has 0 aliphatic carbocycles. The van der Waals surface area contributed by atoms with E-state index >= 15 is 0 Å². The van der Waals surface area contributed by atoms with Crippen molar-refractivity contribution in [2.75, 3.05) is 7.11 Å². The summed E-state index contributed by atoms with van der Waals surface area (Å²) < 4.78 is 6.46. The quantitative estimate of drug-likeness (QED) is 0.301. The van der Waals surface area contributed by atoms with Crippen LogP contribution in [0.25, 0.3) is 0 Å². The van der Waals surface area contributed by atoms with Crippen LogP contribution in [0.2, 0.25) is 0 Å². The highest BCUT2D eigenvalue weighted by molar-refractivity contribution is 5.37. The summed E-state index contributed by atoms with van der Waals surface area (Å²) in [6.45, 7) is 4.58. The van der Waals surface area contributed by atoms with E-state index in [9.17, 15) is 0 Å². The van der Waals surface area contributed by atoms with Gasteiger partial charge >= 0.3 is 0 Å². The summed E-state index contributed by atoms with van der Waals surface area (Å²) in [5.74, 6) is 0.494. The average molecular weight is 381 g/mol. The van der Waals surface area contributed by atoms with Crippen LogP contribution in [0.15, 0.2) is 60.7 Å². The molecule has 1 heteroatoms. The van der Waals surface area contributed by atoms with Gasteiger partial charge in [0.25, 0.3) is 0 Å². The van der Waals surface area contributed by atoms with Crippen molar-refractivity contribution in [3.05, 3.63) is 71.8 Å². The minimum Gasteiger partial charge on any atom is -0.368 e. The molecule has 28 heavy (non-hydrogen) atoms. The highest BCUT2D eigenvalue weighted by Gasteiger charge is 2.41. The van der Waals surface area contributed by atoms with E-state index in [-0.39, 0.29) is 5.60 Å². The van der Waals surface area contributed by atoms with E-state index in [1.807, 2.05) is 7.11 Å². The van der Waals surface area contributed by atoms with E-state index in [1.165, 1.54) is 75.3 Å². The molecule has 2 rings (SSSR count). The molecule has 0 saturated heterocycles. The number of benzene rings is 2. The molecular formula is C27H40O. The zero-order valence-corrected chi connectivity index (χ0v) is 18.3. The molecule has 0 radical (unpaired) electrons. The van der Waals surface area contributed by atoms with Crippen LogP contribution in [0.3, 0.4) is 0 Å². The Morgan fingerprint density at radius 3 is 1.61 bits per heavy atom. The van der Waals surface area contributed by atoms with Crippen LogP contribution in [0.4, 0.5) is 0 Å². The standard InChI is InChI=1S/C27H40O/c1-4-6-8-9-10-13-19-24(18-7-5-2)27(28-3,25-20-14-11-15-21-25)26-22-16-12-17-23-26/h11-12,14-17,20-24H,4-10,13,18-19H2,1-3H3. The lowest BCUT2D eigenvalue weighted by molar-refractivity contribution is -0.0372. The van der Waals surface area contributed by atoms with Crippen molar-refractivity contribution < 1.29 is 4.74 Å². The molecular weight excluding hydrogens is 340 g/mol.